The molecule has 0 bridgehead atoms. The number of hydrogen-bond donors (Lipinski definition) is 0. The minimum atomic E-state index is -0.0650. The molecule has 2 aromatic carbocycles. The maximum Gasteiger partial charge on any atom is 0.248 e. The standard InChI is InChI=1S/C23H28N2O3S3/c1-4-28-18-9-12-20-21(16-18)31-23(25(20)13-15-29-3)24-22(26)6-5-14-30-19-10-7-17(27-2)8-11-19/h7-12,16H,4-6,13-15H2,1-3H3. The van der Waals surface area contributed by atoms with Crippen LogP contribution in [-0.2, 0) is 11.3 Å². The highest BCUT2D eigenvalue weighted by Crippen LogP contribution is 2.24. The first-order valence-electron chi connectivity index (χ1n) is 10.2. The van der Waals surface area contributed by atoms with E-state index in [-0.39, 0.29) is 5.91 Å². The molecule has 0 N–H and O–H groups in total. The number of ether oxygens (including phenoxy) is 2. The van der Waals surface area contributed by atoms with Gasteiger partial charge in [-0.3, -0.25) is 4.79 Å². The molecule has 1 heterocycles. The Morgan fingerprint density at radius 1 is 1.13 bits per heavy atom. The molecule has 0 saturated heterocycles. The van der Waals surface area contributed by atoms with E-state index < -0.39 is 0 Å². The van der Waals surface area contributed by atoms with Crippen LogP contribution in [0.25, 0.3) is 10.2 Å². The van der Waals surface area contributed by atoms with Crippen molar-refractivity contribution < 1.29 is 14.3 Å². The van der Waals surface area contributed by atoms with Crippen molar-refractivity contribution in [2.24, 2.45) is 4.99 Å². The number of hydrogen-bond acceptors (Lipinski definition) is 6. The summed E-state index contributed by atoms with van der Waals surface area (Å²) < 4.78 is 14.0. The van der Waals surface area contributed by atoms with Gasteiger partial charge in [-0.1, -0.05) is 11.3 Å². The smallest absolute Gasteiger partial charge is 0.248 e. The Bertz CT molecular complexity index is 1060. The average molecular weight is 477 g/mol. The molecule has 3 aromatic rings. The summed E-state index contributed by atoms with van der Waals surface area (Å²) in [7, 11) is 1.66. The predicted molar refractivity (Wildman–Crippen MR) is 133 cm³/mol. The molecule has 0 aliphatic heterocycles. The van der Waals surface area contributed by atoms with Gasteiger partial charge in [-0.15, -0.1) is 11.8 Å². The van der Waals surface area contributed by atoms with E-state index in [1.807, 2.05) is 43.3 Å². The largest absolute Gasteiger partial charge is 0.497 e. The third kappa shape index (κ3) is 6.79. The summed E-state index contributed by atoms with van der Waals surface area (Å²) >= 11 is 5.08. The van der Waals surface area contributed by atoms with Crippen molar-refractivity contribution in [1.82, 2.24) is 4.57 Å². The molecule has 3 rings (SSSR count). The summed E-state index contributed by atoms with van der Waals surface area (Å²) in [6.07, 6.45) is 3.33. The number of aryl methyl sites for hydroxylation is 1. The van der Waals surface area contributed by atoms with Gasteiger partial charge in [0.2, 0.25) is 5.91 Å². The first-order valence-corrected chi connectivity index (χ1v) is 13.4. The topological polar surface area (TPSA) is 52.8 Å². The van der Waals surface area contributed by atoms with Crippen LogP contribution in [0.15, 0.2) is 52.4 Å². The Morgan fingerprint density at radius 3 is 2.61 bits per heavy atom. The first-order chi connectivity index (χ1) is 15.1. The summed E-state index contributed by atoms with van der Waals surface area (Å²) in [4.78, 5) is 19.0. The Hall–Kier alpha value is -1.90. The van der Waals surface area contributed by atoms with Crippen molar-refractivity contribution in [3.05, 3.63) is 47.3 Å². The maximum absolute atomic E-state index is 12.6. The quantitative estimate of drug-likeness (QED) is 0.271. The highest BCUT2D eigenvalue weighted by atomic mass is 32.2. The van der Waals surface area contributed by atoms with Crippen molar-refractivity contribution in [2.75, 3.05) is 31.5 Å². The van der Waals surface area contributed by atoms with E-state index in [1.54, 1.807) is 42.0 Å². The number of thioether (sulfide) groups is 2. The second-order valence-electron chi connectivity index (χ2n) is 6.72. The third-order valence-corrected chi connectivity index (χ3v) is 7.30. The van der Waals surface area contributed by atoms with E-state index >= 15 is 0 Å². The van der Waals surface area contributed by atoms with E-state index in [4.69, 9.17) is 9.47 Å². The highest BCUT2D eigenvalue weighted by Gasteiger charge is 2.09. The number of aromatic nitrogens is 1. The zero-order valence-electron chi connectivity index (χ0n) is 18.1. The number of nitrogens with zero attached hydrogens (tertiary/aromatic N) is 2. The molecule has 0 radical (unpaired) electrons. The lowest BCUT2D eigenvalue weighted by Gasteiger charge is -2.05. The van der Waals surface area contributed by atoms with Gasteiger partial charge in [0.15, 0.2) is 4.80 Å². The van der Waals surface area contributed by atoms with E-state index in [0.29, 0.717) is 13.0 Å². The lowest BCUT2D eigenvalue weighted by Crippen LogP contribution is -2.18. The van der Waals surface area contributed by atoms with Gasteiger partial charge in [-0.25, -0.2) is 0 Å². The molecule has 8 heteroatoms. The average Bonchev–Trinajstić information content (AvgIpc) is 3.11. The number of amides is 1. The molecule has 0 spiro atoms. The number of fused-ring (bicyclic) bond motifs is 1. The van der Waals surface area contributed by atoms with Gasteiger partial charge in [-0.05, 0) is 67.8 Å². The molecule has 0 atom stereocenters. The van der Waals surface area contributed by atoms with Gasteiger partial charge in [-0.2, -0.15) is 16.8 Å². The van der Waals surface area contributed by atoms with Gasteiger partial charge in [0.25, 0.3) is 0 Å². The number of benzene rings is 2. The van der Waals surface area contributed by atoms with Crippen LogP contribution in [0.2, 0.25) is 0 Å². The number of methoxy groups -OCH3 is 1. The van der Waals surface area contributed by atoms with Crippen molar-refractivity contribution in [1.29, 1.82) is 0 Å². The van der Waals surface area contributed by atoms with Crippen LogP contribution in [-0.4, -0.2) is 42.0 Å². The summed E-state index contributed by atoms with van der Waals surface area (Å²) in [5.74, 6) is 3.49. The van der Waals surface area contributed by atoms with E-state index in [0.717, 1.165) is 51.0 Å². The molecule has 166 valence electrons. The van der Waals surface area contributed by atoms with Gasteiger partial charge in [0.1, 0.15) is 11.5 Å². The Labute approximate surface area is 195 Å². The number of thiazole rings is 1. The minimum absolute atomic E-state index is 0.0650. The summed E-state index contributed by atoms with van der Waals surface area (Å²) in [5.41, 5.74) is 1.10. The van der Waals surface area contributed by atoms with E-state index in [9.17, 15) is 4.79 Å². The molecule has 0 fully saturated rings. The van der Waals surface area contributed by atoms with Crippen molar-refractivity contribution >= 4 is 51.0 Å². The molecule has 5 nitrogen and oxygen atoms in total. The zero-order valence-corrected chi connectivity index (χ0v) is 20.6. The van der Waals surface area contributed by atoms with Crippen LogP contribution in [0.3, 0.4) is 0 Å². The minimum Gasteiger partial charge on any atom is -0.497 e. The monoisotopic (exact) mass is 476 g/mol. The number of carbonyl (C=O) groups is 1. The third-order valence-electron chi connectivity index (χ3n) is 4.57. The molecule has 0 unspecified atom stereocenters. The molecule has 31 heavy (non-hydrogen) atoms. The van der Waals surface area contributed by atoms with Crippen LogP contribution in [0.5, 0.6) is 11.5 Å². The fourth-order valence-electron chi connectivity index (χ4n) is 3.04. The molecular weight excluding hydrogens is 448 g/mol. The van der Waals surface area contributed by atoms with Crippen LogP contribution < -0.4 is 14.3 Å². The SMILES string of the molecule is CCOc1ccc2c(c1)sc(=NC(=O)CCCSc1ccc(OC)cc1)n2CCSC. The second-order valence-corrected chi connectivity index (χ2v) is 9.89. The van der Waals surface area contributed by atoms with Gasteiger partial charge >= 0.3 is 0 Å². The van der Waals surface area contributed by atoms with Gasteiger partial charge < -0.3 is 14.0 Å². The van der Waals surface area contributed by atoms with Crippen LogP contribution in [0, 0.1) is 0 Å². The van der Waals surface area contributed by atoms with Crippen molar-refractivity contribution in [2.45, 2.75) is 31.2 Å². The predicted octanol–water partition coefficient (Wildman–Crippen LogP) is 5.47. The van der Waals surface area contributed by atoms with Gasteiger partial charge in [0, 0.05) is 23.6 Å². The Morgan fingerprint density at radius 2 is 1.90 bits per heavy atom. The first kappa shape index (κ1) is 23.8. The number of carbonyl (C=O) groups excluding carboxylic acids is 1. The second kappa shape index (κ2) is 12.2. The van der Waals surface area contributed by atoms with Gasteiger partial charge in [0.05, 0.1) is 23.9 Å². The maximum atomic E-state index is 12.6. The number of rotatable bonds is 11. The van der Waals surface area contributed by atoms with Crippen molar-refractivity contribution in [3.63, 3.8) is 0 Å². The summed E-state index contributed by atoms with van der Waals surface area (Å²) in [6.45, 7) is 3.44. The Kier molecular flexibility index (Phi) is 9.36. The van der Waals surface area contributed by atoms with Crippen molar-refractivity contribution in [3.8, 4) is 11.5 Å². The summed E-state index contributed by atoms with van der Waals surface area (Å²) in [6, 6.07) is 14.1. The van der Waals surface area contributed by atoms with Crippen LogP contribution in [0.1, 0.15) is 19.8 Å². The zero-order chi connectivity index (χ0) is 22.1. The Balaban J connectivity index is 1.66. The lowest BCUT2D eigenvalue weighted by atomic mass is 10.3. The van der Waals surface area contributed by atoms with Crippen LogP contribution >= 0.6 is 34.9 Å². The normalized spacial score (nSPS) is 11.8. The highest BCUT2D eigenvalue weighted by molar-refractivity contribution is 7.99. The molecular formula is C23H28N2O3S3. The molecule has 0 saturated carbocycles. The fraction of sp³-hybridized carbons (Fsp3) is 0.391. The van der Waals surface area contributed by atoms with Crippen LogP contribution in [0.4, 0.5) is 0 Å². The molecule has 1 amide bonds. The molecule has 0 aliphatic carbocycles. The van der Waals surface area contributed by atoms with E-state index in [1.165, 1.54) is 4.90 Å². The lowest BCUT2D eigenvalue weighted by molar-refractivity contribution is -0.118. The molecule has 0 aliphatic rings. The van der Waals surface area contributed by atoms with E-state index in [2.05, 4.69) is 21.9 Å². The fourth-order valence-corrected chi connectivity index (χ4v) is 5.36. The summed E-state index contributed by atoms with van der Waals surface area (Å²) in [5, 5.41) is 0. The molecule has 1 aromatic heterocycles.